The molecule has 1 aliphatic carbocycles. The van der Waals surface area contributed by atoms with Crippen molar-refractivity contribution in [1.29, 1.82) is 0 Å². The predicted molar refractivity (Wildman–Crippen MR) is 144 cm³/mol. The molecule has 5 aromatic rings. The Morgan fingerprint density at radius 3 is 1.62 bits per heavy atom. The van der Waals surface area contributed by atoms with Gasteiger partial charge in [-0.25, -0.2) is 0 Å². The highest BCUT2D eigenvalue weighted by atomic mass is 127. The zero-order valence-electron chi connectivity index (χ0n) is 18.1. The Morgan fingerprint density at radius 2 is 1.06 bits per heavy atom. The summed E-state index contributed by atoms with van der Waals surface area (Å²) in [5.41, 5.74) is 6.85. The Hall–Kier alpha value is -2.59. The molecular weight excluding hydrogens is 501 g/mol. The van der Waals surface area contributed by atoms with Crippen molar-refractivity contribution in [2.45, 2.75) is 37.5 Å². The maximum atomic E-state index is 2.41. The summed E-state index contributed by atoms with van der Waals surface area (Å²) in [5, 5.41) is 2.63. The number of aromatic nitrogens is 1. The van der Waals surface area contributed by atoms with Crippen molar-refractivity contribution in [3.8, 4) is 5.69 Å². The molecule has 32 heavy (non-hydrogen) atoms. The molecule has 6 rings (SSSR count). The van der Waals surface area contributed by atoms with Gasteiger partial charge in [0.1, 0.15) is 0 Å². The van der Waals surface area contributed by atoms with E-state index in [1.807, 2.05) is 0 Å². The molecule has 1 aliphatic rings. The molecule has 0 radical (unpaired) electrons. The highest BCUT2D eigenvalue weighted by molar-refractivity contribution is 14.1. The predicted octanol–water partition coefficient (Wildman–Crippen LogP) is 8.64. The Balaban J connectivity index is 1.49. The fourth-order valence-corrected chi connectivity index (χ4v) is 6.16. The molecule has 0 unspecified atom stereocenters. The van der Waals surface area contributed by atoms with E-state index in [-0.39, 0.29) is 5.41 Å². The molecule has 0 aliphatic heterocycles. The first-order valence-electron chi connectivity index (χ1n) is 11.6. The smallest absolute Gasteiger partial charge is 0.0541 e. The monoisotopic (exact) mass is 527 g/mol. The van der Waals surface area contributed by atoms with Crippen molar-refractivity contribution < 1.29 is 0 Å². The van der Waals surface area contributed by atoms with E-state index >= 15 is 0 Å². The minimum absolute atomic E-state index is 0.141. The van der Waals surface area contributed by atoms with Crippen LogP contribution < -0.4 is 0 Å². The zero-order chi connectivity index (χ0) is 21.5. The van der Waals surface area contributed by atoms with Gasteiger partial charge in [-0.1, -0.05) is 79.9 Å². The van der Waals surface area contributed by atoms with Gasteiger partial charge in [-0.2, -0.15) is 0 Å². The summed E-state index contributed by atoms with van der Waals surface area (Å²) in [5.74, 6) is 0. The summed E-state index contributed by atoms with van der Waals surface area (Å²) < 4.78 is 3.71. The van der Waals surface area contributed by atoms with Crippen molar-refractivity contribution >= 4 is 44.4 Å². The normalized spacial score (nSPS) is 15.9. The van der Waals surface area contributed by atoms with Crippen molar-refractivity contribution in [2.75, 3.05) is 0 Å². The molecule has 1 heterocycles. The molecule has 0 N–H and O–H groups in total. The van der Waals surface area contributed by atoms with Gasteiger partial charge >= 0.3 is 0 Å². The standard InChI is InChI=1S/C30H26IN/c31-24-16-12-22(13-17-24)30(20-6-1-7-21-30)23-14-18-25(19-15-23)32-28-10-4-2-8-26(28)27-9-3-5-11-29(27)32/h2-5,8-19H,1,6-7,20-21H2. The lowest BCUT2D eigenvalue weighted by Crippen LogP contribution is -2.30. The maximum absolute atomic E-state index is 2.41. The van der Waals surface area contributed by atoms with Gasteiger partial charge in [0.25, 0.3) is 0 Å². The van der Waals surface area contributed by atoms with Crippen LogP contribution in [0, 0.1) is 3.57 Å². The molecule has 0 amide bonds. The lowest BCUT2D eigenvalue weighted by Gasteiger charge is -2.39. The van der Waals surface area contributed by atoms with Gasteiger partial charge in [0.05, 0.1) is 11.0 Å². The van der Waals surface area contributed by atoms with E-state index in [1.54, 1.807) is 0 Å². The first kappa shape index (κ1) is 20.0. The van der Waals surface area contributed by atoms with Crippen LogP contribution in [-0.2, 0) is 5.41 Å². The van der Waals surface area contributed by atoms with E-state index in [9.17, 15) is 0 Å². The van der Waals surface area contributed by atoms with Crippen LogP contribution in [0.3, 0.4) is 0 Å². The number of hydrogen-bond acceptors (Lipinski definition) is 0. The van der Waals surface area contributed by atoms with Gasteiger partial charge in [0.15, 0.2) is 0 Å². The summed E-state index contributed by atoms with van der Waals surface area (Å²) in [6.07, 6.45) is 6.44. The summed E-state index contributed by atoms with van der Waals surface area (Å²) in [6.45, 7) is 0. The Bertz CT molecular complexity index is 1330. The van der Waals surface area contributed by atoms with E-state index in [0.29, 0.717) is 0 Å². The van der Waals surface area contributed by atoms with Crippen LogP contribution in [0.5, 0.6) is 0 Å². The van der Waals surface area contributed by atoms with Crippen LogP contribution in [0.2, 0.25) is 0 Å². The van der Waals surface area contributed by atoms with Gasteiger partial charge < -0.3 is 4.57 Å². The molecule has 1 fully saturated rings. The van der Waals surface area contributed by atoms with Crippen LogP contribution in [0.25, 0.3) is 27.5 Å². The number of nitrogens with zero attached hydrogens (tertiary/aromatic N) is 1. The van der Waals surface area contributed by atoms with Crippen LogP contribution in [0.4, 0.5) is 0 Å². The summed E-state index contributed by atoms with van der Waals surface area (Å²) in [4.78, 5) is 0. The summed E-state index contributed by atoms with van der Waals surface area (Å²) in [6, 6.07) is 36.2. The molecule has 0 saturated heterocycles. The quantitative estimate of drug-likeness (QED) is 0.207. The van der Waals surface area contributed by atoms with Crippen molar-refractivity contribution in [2.24, 2.45) is 0 Å². The second-order valence-electron chi connectivity index (χ2n) is 9.07. The fraction of sp³-hybridized carbons (Fsp3) is 0.200. The third kappa shape index (κ3) is 3.19. The van der Waals surface area contributed by atoms with E-state index in [0.717, 1.165) is 0 Å². The highest BCUT2D eigenvalue weighted by Gasteiger charge is 2.35. The minimum Gasteiger partial charge on any atom is -0.309 e. The number of fused-ring (bicyclic) bond motifs is 3. The molecule has 4 aromatic carbocycles. The average Bonchev–Trinajstić information content (AvgIpc) is 3.19. The Labute approximate surface area is 203 Å². The topological polar surface area (TPSA) is 4.93 Å². The van der Waals surface area contributed by atoms with Crippen LogP contribution in [0.15, 0.2) is 97.1 Å². The number of rotatable bonds is 3. The minimum atomic E-state index is 0.141. The van der Waals surface area contributed by atoms with E-state index in [4.69, 9.17) is 0 Å². The number of hydrogen-bond donors (Lipinski definition) is 0. The van der Waals surface area contributed by atoms with Crippen molar-refractivity contribution in [1.82, 2.24) is 4.57 Å². The first-order valence-corrected chi connectivity index (χ1v) is 12.7. The molecule has 0 atom stereocenters. The van der Waals surface area contributed by atoms with E-state index in [2.05, 4.69) is 124 Å². The Morgan fingerprint density at radius 1 is 0.562 bits per heavy atom. The van der Waals surface area contributed by atoms with Crippen LogP contribution in [-0.4, -0.2) is 4.57 Å². The lowest BCUT2D eigenvalue weighted by molar-refractivity contribution is 0.346. The zero-order valence-corrected chi connectivity index (χ0v) is 20.3. The van der Waals surface area contributed by atoms with Crippen LogP contribution >= 0.6 is 22.6 Å². The maximum Gasteiger partial charge on any atom is 0.0541 e. The third-order valence-electron chi connectivity index (χ3n) is 7.36. The lowest BCUT2D eigenvalue weighted by atomic mass is 9.65. The fourth-order valence-electron chi connectivity index (χ4n) is 5.80. The molecule has 2 heteroatoms. The molecule has 0 bridgehead atoms. The average molecular weight is 527 g/mol. The third-order valence-corrected chi connectivity index (χ3v) is 8.08. The van der Waals surface area contributed by atoms with E-state index < -0.39 is 0 Å². The molecule has 1 nitrogen and oxygen atoms in total. The molecule has 0 spiro atoms. The molecular formula is C30H26IN. The molecule has 158 valence electrons. The second kappa shape index (κ2) is 8.08. The van der Waals surface area contributed by atoms with Crippen LogP contribution in [0.1, 0.15) is 43.2 Å². The van der Waals surface area contributed by atoms with Crippen molar-refractivity contribution in [3.05, 3.63) is 112 Å². The SMILES string of the molecule is Ic1ccc(C2(c3ccc(-n4c5ccccc5c5ccccc54)cc3)CCCCC2)cc1. The van der Waals surface area contributed by atoms with Crippen molar-refractivity contribution in [3.63, 3.8) is 0 Å². The molecule has 1 aromatic heterocycles. The number of para-hydroxylation sites is 2. The van der Waals surface area contributed by atoms with E-state index in [1.165, 1.54) is 74.3 Å². The van der Waals surface area contributed by atoms with Gasteiger partial charge in [-0.3, -0.25) is 0 Å². The van der Waals surface area contributed by atoms with Gasteiger partial charge in [0, 0.05) is 25.4 Å². The summed E-state index contributed by atoms with van der Waals surface area (Å²) in [7, 11) is 0. The summed E-state index contributed by atoms with van der Waals surface area (Å²) >= 11 is 2.41. The van der Waals surface area contributed by atoms with Gasteiger partial charge in [-0.05, 0) is 83.0 Å². The van der Waals surface area contributed by atoms with Gasteiger partial charge in [0.2, 0.25) is 0 Å². The largest absolute Gasteiger partial charge is 0.309 e. The number of benzene rings is 4. The first-order chi connectivity index (χ1) is 15.8. The Kier molecular flexibility index (Phi) is 5.06. The number of halogens is 1. The molecule has 1 saturated carbocycles. The van der Waals surface area contributed by atoms with Gasteiger partial charge in [-0.15, -0.1) is 0 Å². The highest BCUT2D eigenvalue weighted by Crippen LogP contribution is 2.45. The second-order valence-corrected chi connectivity index (χ2v) is 10.3.